The maximum Gasteiger partial charge on any atom is 2.00 e. The van der Waals surface area contributed by atoms with Crippen LogP contribution in [0.15, 0.2) is 121 Å². The van der Waals surface area contributed by atoms with Crippen molar-refractivity contribution in [1.29, 1.82) is 0 Å². The van der Waals surface area contributed by atoms with Gasteiger partial charge in [-0.1, -0.05) is 194 Å². The monoisotopic (exact) mass is 1270 g/mol. The molecule has 0 unspecified atom stereocenters. The van der Waals surface area contributed by atoms with Gasteiger partial charge in [0.25, 0.3) is 0 Å². The molecular formula is C72H84O4P2S4Zn. The summed E-state index contributed by atoms with van der Waals surface area (Å²) in [7, 11) is 0. The van der Waals surface area contributed by atoms with Gasteiger partial charge in [0.2, 0.25) is 0 Å². The average Bonchev–Trinajstić information content (AvgIpc) is 3.63. The molecule has 0 radical (unpaired) electrons. The standard InChI is InChI=1S/2C36H43O2PS2.Zn/c2*1-9-17-27-25-35(33(23-15-7)31(21-13-5)29(27)19-11-3)37-39(40,41)38-36-26-28(18-10-2)30(20-12-4)32(22-14-6)34(36)24-16-8;/h2*9-26H,1-8H3,(H,40,41);/q;;+2/p-2. The third-order valence-electron chi connectivity index (χ3n) is 12.0. The number of allylic oxidation sites excluding steroid dienone is 16. The van der Waals surface area contributed by atoms with Crippen LogP contribution < -0.4 is 18.1 Å². The van der Waals surface area contributed by atoms with E-state index >= 15 is 0 Å². The Labute approximate surface area is 534 Å². The Morgan fingerprint density at radius 3 is 0.518 bits per heavy atom. The first-order chi connectivity index (χ1) is 39.5. The van der Waals surface area contributed by atoms with Crippen LogP contribution in [0.2, 0.25) is 0 Å². The van der Waals surface area contributed by atoms with Crippen LogP contribution in [0.5, 0.6) is 23.0 Å². The van der Waals surface area contributed by atoms with Crippen LogP contribution in [-0.2, 0) is 67.6 Å². The first-order valence-electron chi connectivity index (χ1n) is 27.8. The molecule has 0 fully saturated rings. The molecule has 0 N–H and O–H groups in total. The SMILES string of the molecule is CC=Cc1cc(OP(=S)([S-])Oc2cc(C=CC)c(C=CC)c(C=CC)c2C=CC)c(C=CC)c(C=CC)c1C=CC.CC=Cc1cc(OP(=S)([S-])Oc2cc(C=CC)c(C=CC)c(C=CC)c2C=CC)c(C=CC)c(C=CC)c1C=CC.[Zn+2]. The summed E-state index contributed by atoms with van der Waals surface area (Å²) in [5.41, 5.74) is 9.80. The predicted molar refractivity (Wildman–Crippen MR) is 387 cm³/mol. The van der Waals surface area contributed by atoms with Gasteiger partial charge < -0.3 is 42.6 Å². The minimum absolute atomic E-state index is 0. The van der Waals surface area contributed by atoms with Crippen molar-refractivity contribution in [1.82, 2.24) is 0 Å². The largest absolute Gasteiger partial charge is 2.00 e. The van der Waals surface area contributed by atoms with Gasteiger partial charge in [0.05, 0.1) is 0 Å². The topological polar surface area (TPSA) is 36.9 Å². The molecule has 0 aliphatic heterocycles. The zero-order chi connectivity index (χ0) is 60.8. The van der Waals surface area contributed by atoms with Crippen molar-refractivity contribution in [3.05, 3.63) is 210 Å². The first-order valence-corrected chi connectivity index (χ1v) is 35.1. The molecule has 4 aromatic carbocycles. The van der Waals surface area contributed by atoms with Crippen LogP contribution in [-0.4, -0.2) is 0 Å². The second kappa shape index (κ2) is 38.5. The number of rotatable bonds is 24. The summed E-state index contributed by atoms with van der Waals surface area (Å²) in [6.45, 7) is 32.0. The van der Waals surface area contributed by atoms with Crippen LogP contribution in [0.1, 0.15) is 200 Å². The number of hydrogen-bond acceptors (Lipinski definition) is 8. The van der Waals surface area contributed by atoms with Crippen molar-refractivity contribution in [3.8, 4) is 23.0 Å². The van der Waals surface area contributed by atoms with Crippen LogP contribution >= 0.6 is 11.4 Å². The molecule has 0 aromatic heterocycles. The fraction of sp³-hybridized carbons (Fsp3) is 0.222. The zero-order valence-corrected chi connectivity index (χ0v) is 59.7. The van der Waals surface area contributed by atoms with Crippen LogP contribution in [0, 0.1) is 0 Å². The second-order valence-electron chi connectivity index (χ2n) is 18.1. The van der Waals surface area contributed by atoms with Crippen LogP contribution in [0.4, 0.5) is 0 Å². The first kappa shape index (κ1) is 73.6. The molecule has 0 aliphatic rings. The molecule has 0 heterocycles. The summed E-state index contributed by atoms with van der Waals surface area (Å²) in [6.07, 6.45) is 65.6. The van der Waals surface area contributed by atoms with Crippen LogP contribution in [0.3, 0.4) is 0 Å². The number of hydrogen-bond donors (Lipinski definition) is 0. The van der Waals surface area contributed by atoms with E-state index in [-0.39, 0.29) is 19.5 Å². The van der Waals surface area contributed by atoms with Gasteiger partial charge in [-0.05, 0) is 225 Å². The summed E-state index contributed by atoms with van der Waals surface area (Å²) in [5, 5.41) is 0. The Hall–Kier alpha value is -5.46. The Morgan fingerprint density at radius 1 is 0.241 bits per heavy atom. The van der Waals surface area contributed by atoms with Gasteiger partial charge >= 0.3 is 19.5 Å². The second-order valence-corrected chi connectivity index (χ2v) is 27.8. The van der Waals surface area contributed by atoms with Gasteiger partial charge in [-0.15, -0.1) is 0 Å². The zero-order valence-electron chi connectivity index (χ0n) is 51.7. The number of benzene rings is 4. The van der Waals surface area contributed by atoms with Gasteiger partial charge in [0, 0.05) is 22.3 Å². The summed E-state index contributed by atoms with van der Waals surface area (Å²) < 4.78 is 26.0. The van der Waals surface area contributed by atoms with Crippen LogP contribution in [0.25, 0.3) is 97.2 Å². The van der Waals surface area contributed by atoms with Crippen molar-refractivity contribution in [2.45, 2.75) is 111 Å². The predicted octanol–water partition coefficient (Wildman–Crippen LogP) is 24.4. The Balaban J connectivity index is 0.000000560. The van der Waals surface area contributed by atoms with Gasteiger partial charge in [-0.3, -0.25) is 0 Å². The molecule has 4 aromatic rings. The van der Waals surface area contributed by atoms with E-state index in [1.807, 2.05) is 257 Å². The fourth-order valence-corrected chi connectivity index (χ4v) is 12.7. The Morgan fingerprint density at radius 2 is 0.373 bits per heavy atom. The maximum absolute atomic E-state index is 6.51. The summed E-state index contributed by atoms with van der Waals surface area (Å²) in [4.78, 5) is 0. The molecule has 4 rings (SSSR count). The van der Waals surface area contributed by atoms with E-state index < -0.39 is 11.4 Å². The van der Waals surface area contributed by atoms with Crippen molar-refractivity contribution < 1.29 is 37.6 Å². The fourth-order valence-electron chi connectivity index (χ4n) is 9.16. The molecule has 0 saturated carbocycles. The van der Waals surface area contributed by atoms with E-state index in [0.717, 1.165) is 89.0 Å². The van der Waals surface area contributed by atoms with E-state index in [4.69, 9.17) is 66.2 Å². The third kappa shape index (κ3) is 20.9. The van der Waals surface area contributed by atoms with E-state index in [2.05, 4.69) is 72.9 Å². The normalized spacial score (nSPS) is 14.3. The summed E-state index contributed by atoms with van der Waals surface area (Å²) >= 11 is 23.7. The smallest absolute Gasteiger partial charge is 0.665 e. The molecule has 0 atom stereocenters. The third-order valence-corrected chi connectivity index (χ3v) is 15.5. The maximum atomic E-state index is 6.51. The van der Waals surface area contributed by atoms with E-state index in [0.29, 0.717) is 23.0 Å². The molecule has 0 saturated heterocycles. The molecule has 83 heavy (non-hydrogen) atoms. The molecule has 0 spiro atoms. The molecule has 0 aliphatic carbocycles. The average molecular weight is 1270 g/mol. The molecule has 432 valence electrons. The van der Waals surface area contributed by atoms with Gasteiger partial charge in [-0.2, -0.15) is 0 Å². The van der Waals surface area contributed by atoms with Gasteiger partial charge in [0.1, 0.15) is 23.0 Å². The molecule has 0 bridgehead atoms. The van der Waals surface area contributed by atoms with Crippen molar-refractivity contribution in [2.75, 3.05) is 0 Å². The quantitative estimate of drug-likeness (QED) is 0.0390. The van der Waals surface area contributed by atoms with E-state index in [1.54, 1.807) is 0 Å². The summed E-state index contributed by atoms with van der Waals surface area (Å²) in [5.74, 6) is 2.43. The molecule has 11 heteroatoms. The Bertz CT molecular complexity index is 3010. The van der Waals surface area contributed by atoms with E-state index in [1.165, 1.54) is 0 Å². The molecule has 4 nitrogen and oxygen atoms in total. The van der Waals surface area contributed by atoms with Crippen molar-refractivity contribution in [2.24, 2.45) is 0 Å². The Kier molecular flexibility index (Phi) is 34.1. The minimum atomic E-state index is -3.24. The van der Waals surface area contributed by atoms with Crippen molar-refractivity contribution in [3.63, 3.8) is 0 Å². The molecular weight excluding hydrogens is 1180 g/mol. The summed E-state index contributed by atoms with van der Waals surface area (Å²) in [6, 6.07) is 8.03. The molecule has 0 amide bonds. The van der Waals surface area contributed by atoms with Gasteiger partial charge in [-0.25, -0.2) is 0 Å². The minimum Gasteiger partial charge on any atom is -0.665 e. The van der Waals surface area contributed by atoms with Crippen molar-refractivity contribution >= 4 is 157 Å². The van der Waals surface area contributed by atoms with E-state index in [9.17, 15) is 0 Å². The van der Waals surface area contributed by atoms with Gasteiger partial charge in [0.15, 0.2) is 11.4 Å².